The largest absolute Gasteiger partial charge is 0.443 e. The molecule has 1 heterocycles. The summed E-state index contributed by atoms with van der Waals surface area (Å²) in [4.78, 5) is 8.72. The molecule has 6 heteroatoms. The van der Waals surface area contributed by atoms with E-state index in [0.717, 1.165) is 24.7 Å². The Morgan fingerprint density at radius 2 is 2.20 bits per heavy atom. The summed E-state index contributed by atoms with van der Waals surface area (Å²) in [6.45, 7) is 9.77. The highest BCUT2D eigenvalue weighted by molar-refractivity contribution is 5.80. The van der Waals surface area contributed by atoms with Gasteiger partial charge in [0.05, 0.1) is 18.8 Å². The Bertz CT molecular complexity index is 613. The number of guanidine groups is 1. The first-order valence-corrected chi connectivity index (χ1v) is 9.43. The Morgan fingerprint density at radius 3 is 2.72 bits per heavy atom. The lowest BCUT2D eigenvalue weighted by atomic mass is 9.51. The van der Waals surface area contributed by atoms with Gasteiger partial charge in [0.2, 0.25) is 5.89 Å². The van der Waals surface area contributed by atoms with E-state index in [0.29, 0.717) is 30.0 Å². The van der Waals surface area contributed by atoms with Gasteiger partial charge in [0, 0.05) is 30.5 Å². The summed E-state index contributed by atoms with van der Waals surface area (Å²) in [5, 5.41) is 6.91. The fourth-order valence-electron chi connectivity index (χ4n) is 3.90. The van der Waals surface area contributed by atoms with Crippen molar-refractivity contribution in [3.05, 3.63) is 17.8 Å². The second kappa shape index (κ2) is 6.98. The average molecular weight is 348 g/mol. The number of rotatable bonds is 5. The highest BCUT2D eigenvalue weighted by Gasteiger charge is 2.59. The van der Waals surface area contributed by atoms with Gasteiger partial charge in [-0.2, -0.15) is 0 Å². The summed E-state index contributed by atoms with van der Waals surface area (Å²) in [7, 11) is 1.80. The zero-order valence-electron chi connectivity index (χ0n) is 16.2. The van der Waals surface area contributed by atoms with Crippen LogP contribution in [0.3, 0.4) is 0 Å². The van der Waals surface area contributed by atoms with Crippen LogP contribution < -0.4 is 10.6 Å². The van der Waals surface area contributed by atoms with Crippen molar-refractivity contribution in [2.45, 2.75) is 77.5 Å². The third kappa shape index (κ3) is 3.54. The molecular weight excluding hydrogens is 316 g/mol. The molecule has 2 aliphatic rings. The maximum absolute atomic E-state index is 5.92. The van der Waals surface area contributed by atoms with Gasteiger partial charge >= 0.3 is 0 Å². The SMILES string of the molecule is CCOC1CC(NC(=NC)NCc2ncc(C(C)(C)C)o2)C12CCC2. The highest BCUT2D eigenvalue weighted by atomic mass is 16.5. The van der Waals surface area contributed by atoms with E-state index in [1.54, 1.807) is 7.05 Å². The van der Waals surface area contributed by atoms with Crippen LogP contribution in [-0.2, 0) is 16.7 Å². The van der Waals surface area contributed by atoms with Crippen LogP contribution in [0.25, 0.3) is 0 Å². The molecule has 0 amide bonds. The molecule has 0 aromatic carbocycles. The number of aliphatic imine (C=N–C) groups is 1. The van der Waals surface area contributed by atoms with E-state index < -0.39 is 0 Å². The monoisotopic (exact) mass is 348 g/mol. The minimum atomic E-state index is -0.0258. The molecule has 1 spiro atoms. The summed E-state index contributed by atoms with van der Waals surface area (Å²) in [5.74, 6) is 2.40. The number of oxazole rings is 1. The summed E-state index contributed by atoms with van der Waals surface area (Å²) >= 11 is 0. The summed E-state index contributed by atoms with van der Waals surface area (Å²) < 4.78 is 11.8. The van der Waals surface area contributed by atoms with Gasteiger partial charge in [-0.15, -0.1) is 0 Å². The standard InChI is InChI=1S/C19H32N4O2/c1-6-24-14-10-13(19(14)8-7-9-19)23-17(20-5)22-12-16-21-11-15(25-16)18(2,3)4/h11,13-14H,6-10,12H2,1-5H3,(H2,20,22,23). The number of hydrogen-bond acceptors (Lipinski definition) is 4. The normalized spacial score (nSPS) is 25.4. The lowest BCUT2D eigenvalue weighted by Crippen LogP contribution is -2.68. The van der Waals surface area contributed by atoms with Crippen molar-refractivity contribution in [2.24, 2.45) is 10.4 Å². The summed E-state index contributed by atoms with van der Waals surface area (Å²) in [6, 6.07) is 0.443. The molecule has 0 aliphatic heterocycles. The highest BCUT2D eigenvalue weighted by Crippen LogP contribution is 2.57. The zero-order chi connectivity index (χ0) is 18.1. The van der Waals surface area contributed by atoms with E-state index >= 15 is 0 Å². The maximum Gasteiger partial charge on any atom is 0.213 e. The fraction of sp³-hybridized carbons (Fsp3) is 0.789. The number of nitrogens with one attached hydrogen (secondary N) is 2. The Morgan fingerprint density at radius 1 is 1.44 bits per heavy atom. The maximum atomic E-state index is 5.92. The molecule has 1 aromatic rings. The van der Waals surface area contributed by atoms with Crippen LogP contribution in [0.15, 0.2) is 15.6 Å². The molecule has 1 aromatic heterocycles. The van der Waals surface area contributed by atoms with E-state index in [1.807, 2.05) is 6.20 Å². The lowest BCUT2D eigenvalue weighted by molar-refractivity contribution is -0.168. The predicted octanol–water partition coefficient (Wildman–Crippen LogP) is 2.98. The van der Waals surface area contributed by atoms with Crippen LogP contribution in [0.2, 0.25) is 0 Å². The van der Waals surface area contributed by atoms with Gasteiger partial charge in [0.15, 0.2) is 5.96 Å². The van der Waals surface area contributed by atoms with Crippen molar-refractivity contribution >= 4 is 5.96 Å². The van der Waals surface area contributed by atoms with E-state index in [1.165, 1.54) is 19.3 Å². The van der Waals surface area contributed by atoms with Crippen LogP contribution in [0.1, 0.15) is 65.0 Å². The Kier molecular flexibility index (Phi) is 5.09. The number of nitrogens with zero attached hydrogens (tertiary/aromatic N) is 2. The van der Waals surface area contributed by atoms with Crippen molar-refractivity contribution in [3.63, 3.8) is 0 Å². The van der Waals surface area contributed by atoms with Gasteiger partial charge in [-0.25, -0.2) is 4.98 Å². The molecule has 140 valence electrons. The van der Waals surface area contributed by atoms with Crippen molar-refractivity contribution in [3.8, 4) is 0 Å². The van der Waals surface area contributed by atoms with Gasteiger partial charge in [-0.1, -0.05) is 27.2 Å². The minimum absolute atomic E-state index is 0.0258. The zero-order valence-corrected chi connectivity index (χ0v) is 16.2. The minimum Gasteiger partial charge on any atom is -0.443 e. The molecular formula is C19H32N4O2. The van der Waals surface area contributed by atoms with Crippen molar-refractivity contribution in [1.29, 1.82) is 0 Å². The topological polar surface area (TPSA) is 71.7 Å². The molecule has 25 heavy (non-hydrogen) atoms. The number of hydrogen-bond donors (Lipinski definition) is 2. The molecule has 3 rings (SSSR count). The molecule has 2 fully saturated rings. The average Bonchev–Trinajstić information content (AvgIpc) is 2.96. The van der Waals surface area contributed by atoms with Gasteiger partial charge in [-0.3, -0.25) is 4.99 Å². The first kappa shape index (κ1) is 18.2. The van der Waals surface area contributed by atoms with Crippen molar-refractivity contribution in [2.75, 3.05) is 13.7 Å². The molecule has 2 atom stereocenters. The first-order valence-electron chi connectivity index (χ1n) is 9.43. The van der Waals surface area contributed by atoms with Gasteiger partial charge < -0.3 is 19.8 Å². The predicted molar refractivity (Wildman–Crippen MR) is 98.6 cm³/mol. The molecule has 0 bridgehead atoms. The van der Waals surface area contributed by atoms with E-state index in [4.69, 9.17) is 9.15 Å². The molecule has 6 nitrogen and oxygen atoms in total. The molecule has 2 N–H and O–H groups in total. The van der Waals surface area contributed by atoms with Crippen LogP contribution in [-0.4, -0.2) is 36.7 Å². The van der Waals surface area contributed by atoms with Crippen LogP contribution >= 0.6 is 0 Å². The third-order valence-corrected chi connectivity index (χ3v) is 5.67. The summed E-state index contributed by atoms with van der Waals surface area (Å²) in [6.07, 6.45) is 7.08. The summed E-state index contributed by atoms with van der Waals surface area (Å²) in [5.41, 5.74) is 0.290. The van der Waals surface area contributed by atoms with Gasteiger partial charge in [-0.05, 0) is 26.2 Å². The van der Waals surface area contributed by atoms with Gasteiger partial charge in [0.25, 0.3) is 0 Å². The van der Waals surface area contributed by atoms with Crippen LogP contribution in [0, 0.1) is 5.41 Å². The third-order valence-electron chi connectivity index (χ3n) is 5.67. The van der Waals surface area contributed by atoms with Gasteiger partial charge in [0.1, 0.15) is 5.76 Å². The Balaban J connectivity index is 1.53. The number of ether oxygens (including phenoxy) is 1. The quantitative estimate of drug-likeness (QED) is 0.632. The van der Waals surface area contributed by atoms with Crippen LogP contribution in [0.5, 0.6) is 0 Å². The molecule has 2 unspecified atom stereocenters. The molecule has 2 saturated carbocycles. The fourth-order valence-corrected chi connectivity index (χ4v) is 3.90. The smallest absolute Gasteiger partial charge is 0.213 e. The first-order chi connectivity index (χ1) is 11.9. The molecule has 2 aliphatic carbocycles. The van der Waals surface area contributed by atoms with Crippen molar-refractivity contribution in [1.82, 2.24) is 15.6 Å². The number of aromatic nitrogens is 1. The lowest BCUT2D eigenvalue weighted by Gasteiger charge is -2.61. The second-order valence-electron chi connectivity index (χ2n) is 8.26. The van der Waals surface area contributed by atoms with Crippen molar-refractivity contribution < 1.29 is 9.15 Å². The Labute approximate surface area is 150 Å². The van der Waals surface area contributed by atoms with E-state index in [2.05, 4.69) is 48.3 Å². The van der Waals surface area contributed by atoms with E-state index in [-0.39, 0.29) is 5.41 Å². The second-order valence-corrected chi connectivity index (χ2v) is 8.26. The van der Waals surface area contributed by atoms with Crippen LogP contribution in [0.4, 0.5) is 0 Å². The molecule has 0 radical (unpaired) electrons. The molecule has 0 saturated heterocycles. The Hall–Kier alpha value is -1.56. The van der Waals surface area contributed by atoms with E-state index in [9.17, 15) is 0 Å².